The van der Waals surface area contributed by atoms with Crippen molar-refractivity contribution in [2.45, 2.75) is 46.1 Å². The molecule has 0 aliphatic heterocycles. The highest BCUT2D eigenvalue weighted by atomic mass is 16.5. The number of rotatable bonds is 8. The van der Waals surface area contributed by atoms with E-state index in [1.807, 2.05) is 50.2 Å². The summed E-state index contributed by atoms with van der Waals surface area (Å²) in [6, 6.07) is 15.1. The molecule has 1 unspecified atom stereocenters. The molecule has 2 aromatic rings. The van der Waals surface area contributed by atoms with Crippen molar-refractivity contribution in [1.82, 2.24) is 0 Å². The second kappa shape index (κ2) is 9.11. The number of aryl methyl sites for hydroxylation is 1. The van der Waals surface area contributed by atoms with Crippen LogP contribution in [0.2, 0.25) is 0 Å². The topological polar surface area (TPSA) is 35.5 Å². The molecule has 1 atom stereocenters. The summed E-state index contributed by atoms with van der Waals surface area (Å²) in [4.78, 5) is 12.2. The number of ether oxygens (including phenoxy) is 2. The van der Waals surface area contributed by atoms with Crippen LogP contribution in [-0.4, -0.2) is 12.6 Å². The van der Waals surface area contributed by atoms with Gasteiger partial charge in [-0.25, -0.2) is 4.79 Å². The predicted octanol–water partition coefficient (Wildman–Crippen LogP) is 5.48. The van der Waals surface area contributed by atoms with Gasteiger partial charge in [-0.3, -0.25) is 0 Å². The first kappa shape index (κ1) is 18.1. The Morgan fingerprint density at radius 3 is 2.29 bits per heavy atom. The lowest BCUT2D eigenvalue weighted by molar-refractivity contribution is 0.0338. The molecule has 0 aliphatic carbocycles. The second-order valence-corrected chi connectivity index (χ2v) is 6.04. The molecule has 0 aliphatic rings. The summed E-state index contributed by atoms with van der Waals surface area (Å²) in [6.45, 7) is 6.79. The van der Waals surface area contributed by atoms with E-state index in [0.29, 0.717) is 12.2 Å². The third kappa shape index (κ3) is 5.41. The molecule has 0 heterocycles. The van der Waals surface area contributed by atoms with Gasteiger partial charge >= 0.3 is 5.97 Å². The van der Waals surface area contributed by atoms with Crippen LogP contribution in [0.1, 0.15) is 60.7 Å². The van der Waals surface area contributed by atoms with E-state index in [9.17, 15) is 4.79 Å². The molecular weight excluding hydrogens is 300 g/mol. The molecule has 2 aromatic carbocycles. The predicted molar refractivity (Wildman–Crippen MR) is 96.5 cm³/mol. The number of carbonyl (C=O) groups is 1. The van der Waals surface area contributed by atoms with E-state index in [1.54, 1.807) is 12.1 Å². The summed E-state index contributed by atoms with van der Waals surface area (Å²) in [5.41, 5.74) is 2.71. The van der Waals surface area contributed by atoms with Crippen LogP contribution < -0.4 is 4.74 Å². The van der Waals surface area contributed by atoms with Gasteiger partial charge in [0, 0.05) is 0 Å². The fourth-order valence-corrected chi connectivity index (χ4v) is 2.36. The summed E-state index contributed by atoms with van der Waals surface area (Å²) in [7, 11) is 0. The number of hydrogen-bond donors (Lipinski definition) is 0. The van der Waals surface area contributed by atoms with Crippen molar-refractivity contribution in [2.75, 3.05) is 6.61 Å². The van der Waals surface area contributed by atoms with Gasteiger partial charge in [-0.05, 0) is 50.1 Å². The number of benzene rings is 2. The summed E-state index contributed by atoms with van der Waals surface area (Å²) >= 11 is 0. The molecule has 0 saturated carbocycles. The molecule has 2 rings (SSSR count). The summed E-state index contributed by atoms with van der Waals surface area (Å²) in [5, 5.41) is 0. The minimum absolute atomic E-state index is 0.275. The first-order valence-electron chi connectivity index (χ1n) is 8.60. The van der Waals surface area contributed by atoms with Crippen LogP contribution in [0.4, 0.5) is 0 Å². The van der Waals surface area contributed by atoms with Gasteiger partial charge in [-0.15, -0.1) is 0 Å². The fraction of sp³-hybridized carbons (Fsp3) is 0.381. The minimum atomic E-state index is -0.319. The molecule has 0 aromatic heterocycles. The van der Waals surface area contributed by atoms with E-state index in [1.165, 1.54) is 18.4 Å². The third-order valence-corrected chi connectivity index (χ3v) is 3.94. The van der Waals surface area contributed by atoms with Gasteiger partial charge in [0.2, 0.25) is 0 Å². The standard InChI is InChI=1S/C21H26O3/c1-4-5-6-15-23-20-13-11-19(12-14-20)21(22)24-17(3)18-9-7-16(2)8-10-18/h7-14,17H,4-6,15H2,1-3H3. The summed E-state index contributed by atoms with van der Waals surface area (Å²) < 4.78 is 11.2. The molecule has 24 heavy (non-hydrogen) atoms. The maximum absolute atomic E-state index is 12.2. The number of unbranched alkanes of at least 4 members (excludes halogenated alkanes) is 2. The SMILES string of the molecule is CCCCCOc1ccc(C(=O)OC(C)c2ccc(C)cc2)cc1. The number of carbonyl (C=O) groups excluding carboxylic acids is 1. The quantitative estimate of drug-likeness (QED) is 0.476. The normalized spacial score (nSPS) is 11.8. The van der Waals surface area contributed by atoms with Gasteiger partial charge in [0.1, 0.15) is 11.9 Å². The van der Waals surface area contributed by atoms with Gasteiger partial charge in [0.25, 0.3) is 0 Å². The van der Waals surface area contributed by atoms with E-state index in [-0.39, 0.29) is 12.1 Å². The molecule has 0 amide bonds. The average molecular weight is 326 g/mol. The minimum Gasteiger partial charge on any atom is -0.494 e. The van der Waals surface area contributed by atoms with E-state index in [4.69, 9.17) is 9.47 Å². The Morgan fingerprint density at radius 2 is 1.67 bits per heavy atom. The van der Waals surface area contributed by atoms with Gasteiger partial charge in [0.05, 0.1) is 12.2 Å². The highest BCUT2D eigenvalue weighted by Crippen LogP contribution is 2.20. The van der Waals surface area contributed by atoms with Crippen LogP contribution in [0.3, 0.4) is 0 Å². The molecular formula is C21H26O3. The van der Waals surface area contributed by atoms with Crippen LogP contribution in [0.15, 0.2) is 48.5 Å². The highest BCUT2D eigenvalue weighted by Gasteiger charge is 2.13. The molecule has 0 radical (unpaired) electrons. The average Bonchev–Trinajstić information content (AvgIpc) is 2.59. The lowest BCUT2D eigenvalue weighted by Crippen LogP contribution is -2.09. The van der Waals surface area contributed by atoms with E-state index >= 15 is 0 Å². The molecule has 0 spiro atoms. The van der Waals surface area contributed by atoms with E-state index < -0.39 is 0 Å². The Bertz CT molecular complexity index is 629. The Balaban J connectivity index is 1.88. The van der Waals surface area contributed by atoms with Gasteiger partial charge in [-0.1, -0.05) is 49.6 Å². The van der Waals surface area contributed by atoms with Crippen LogP contribution in [0, 0.1) is 6.92 Å². The van der Waals surface area contributed by atoms with Crippen molar-refractivity contribution in [3.05, 3.63) is 65.2 Å². The van der Waals surface area contributed by atoms with Crippen molar-refractivity contribution >= 4 is 5.97 Å². The van der Waals surface area contributed by atoms with Crippen molar-refractivity contribution in [3.8, 4) is 5.75 Å². The fourth-order valence-electron chi connectivity index (χ4n) is 2.36. The van der Waals surface area contributed by atoms with Crippen molar-refractivity contribution in [3.63, 3.8) is 0 Å². The van der Waals surface area contributed by atoms with Gasteiger partial charge < -0.3 is 9.47 Å². The van der Waals surface area contributed by atoms with E-state index in [0.717, 1.165) is 17.7 Å². The Labute approximate surface area is 144 Å². The van der Waals surface area contributed by atoms with E-state index in [2.05, 4.69) is 6.92 Å². The Morgan fingerprint density at radius 1 is 1.00 bits per heavy atom. The maximum Gasteiger partial charge on any atom is 0.338 e. The number of hydrogen-bond acceptors (Lipinski definition) is 3. The first-order valence-corrected chi connectivity index (χ1v) is 8.60. The highest BCUT2D eigenvalue weighted by molar-refractivity contribution is 5.89. The third-order valence-electron chi connectivity index (χ3n) is 3.94. The van der Waals surface area contributed by atoms with Gasteiger partial charge in [0.15, 0.2) is 0 Å². The monoisotopic (exact) mass is 326 g/mol. The largest absolute Gasteiger partial charge is 0.494 e. The second-order valence-electron chi connectivity index (χ2n) is 6.04. The zero-order valence-electron chi connectivity index (χ0n) is 14.7. The van der Waals surface area contributed by atoms with Crippen LogP contribution >= 0.6 is 0 Å². The number of esters is 1. The van der Waals surface area contributed by atoms with Crippen molar-refractivity contribution in [2.24, 2.45) is 0 Å². The summed E-state index contributed by atoms with van der Waals surface area (Å²) in [5.74, 6) is 0.467. The molecule has 0 bridgehead atoms. The van der Waals surface area contributed by atoms with Crippen LogP contribution in [0.5, 0.6) is 5.75 Å². The van der Waals surface area contributed by atoms with Gasteiger partial charge in [-0.2, -0.15) is 0 Å². The first-order chi connectivity index (χ1) is 11.6. The van der Waals surface area contributed by atoms with Crippen molar-refractivity contribution < 1.29 is 14.3 Å². The zero-order chi connectivity index (χ0) is 17.4. The molecule has 0 fully saturated rings. The Hall–Kier alpha value is -2.29. The van der Waals surface area contributed by atoms with Crippen molar-refractivity contribution in [1.29, 1.82) is 0 Å². The molecule has 0 N–H and O–H groups in total. The summed E-state index contributed by atoms with van der Waals surface area (Å²) in [6.07, 6.45) is 3.12. The van der Waals surface area contributed by atoms with Crippen LogP contribution in [0.25, 0.3) is 0 Å². The molecule has 3 nitrogen and oxygen atoms in total. The molecule has 0 saturated heterocycles. The lowest BCUT2D eigenvalue weighted by Gasteiger charge is -2.14. The van der Waals surface area contributed by atoms with Crippen LogP contribution in [-0.2, 0) is 4.74 Å². The lowest BCUT2D eigenvalue weighted by atomic mass is 10.1. The maximum atomic E-state index is 12.2. The molecule has 3 heteroatoms. The zero-order valence-corrected chi connectivity index (χ0v) is 14.7. The Kier molecular flexibility index (Phi) is 6.86. The smallest absolute Gasteiger partial charge is 0.338 e. The molecule has 128 valence electrons.